The van der Waals surface area contributed by atoms with Gasteiger partial charge in [0.05, 0.1) is 19.0 Å². The Bertz CT molecular complexity index is 510. The van der Waals surface area contributed by atoms with Gasteiger partial charge in [0.25, 0.3) is 0 Å². The van der Waals surface area contributed by atoms with Crippen molar-refractivity contribution in [2.24, 2.45) is 0 Å². The fourth-order valence-electron chi connectivity index (χ4n) is 1.61. The minimum atomic E-state index is 0.797. The molecule has 17 heavy (non-hydrogen) atoms. The van der Waals surface area contributed by atoms with Crippen LogP contribution < -0.4 is 4.74 Å². The lowest BCUT2D eigenvalue weighted by atomic mass is 10.2. The summed E-state index contributed by atoms with van der Waals surface area (Å²) in [6.45, 7) is 2.04. The Morgan fingerprint density at radius 3 is 2.94 bits per heavy atom. The number of halogens is 1. The quantitative estimate of drug-likeness (QED) is 0.814. The molecule has 0 aliphatic rings. The smallest absolute Gasteiger partial charge is 0.144 e. The Kier molecular flexibility index (Phi) is 3.78. The lowest BCUT2D eigenvalue weighted by molar-refractivity contribution is 0.411. The Labute approximate surface area is 109 Å². The first-order valence-corrected chi connectivity index (χ1v) is 6.49. The van der Waals surface area contributed by atoms with Crippen molar-refractivity contribution in [2.45, 2.75) is 13.3 Å². The minimum Gasteiger partial charge on any atom is -0.494 e. The van der Waals surface area contributed by atoms with Crippen molar-refractivity contribution in [3.63, 3.8) is 0 Å². The standard InChI is InChI=1S/C12H14BrN3O/c1-9-3-4-12(17-2)11(7-9)16-8-10(5-6-13)14-15-16/h3-4,7-8H,5-6H2,1-2H3. The second-order valence-corrected chi connectivity index (χ2v) is 4.56. The van der Waals surface area contributed by atoms with Gasteiger partial charge in [0, 0.05) is 11.8 Å². The van der Waals surface area contributed by atoms with E-state index in [0.717, 1.165) is 28.9 Å². The van der Waals surface area contributed by atoms with E-state index in [-0.39, 0.29) is 0 Å². The lowest BCUT2D eigenvalue weighted by Gasteiger charge is -2.08. The summed E-state index contributed by atoms with van der Waals surface area (Å²) in [5.74, 6) is 0.797. The van der Waals surface area contributed by atoms with Gasteiger partial charge >= 0.3 is 0 Å². The van der Waals surface area contributed by atoms with Crippen molar-refractivity contribution in [3.05, 3.63) is 35.7 Å². The van der Waals surface area contributed by atoms with E-state index in [4.69, 9.17) is 4.74 Å². The molecular weight excluding hydrogens is 282 g/mol. The number of hydrogen-bond acceptors (Lipinski definition) is 3. The Morgan fingerprint density at radius 1 is 1.41 bits per heavy atom. The molecule has 0 radical (unpaired) electrons. The average Bonchev–Trinajstić information content (AvgIpc) is 2.78. The van der Waals surface area contributed by atoms with Gasteiger partial charge in [-0.05, 0) is 24.6 Å². The number of benzene rings is 1. The molecule has 5 heteroatoms. The van der Waals surface area contributed by atoms with Crippen LogP contribution in [0, 0.1) is 6.92 Å². The van der Waals surface area contributed by atoms with Crippen molar-refractivity contribution < 1.29 is 4.74 Å². The molecule has 0 atom stereocenters. The first-order chi connectivity index (χ1) is 8.24. The van der Waals surface area contributed by atoms with Gasteiger partial charge in [-0.2, -0.15) is 0 Å². The van der Waals surface area contributed by atoms with Gasteiger partial charge in [-0.15, -0.1) is 5.10 Å². The van der Waals surface area contributed by atoms with Crippen LogP contribution in [0.1, 0.15) is 11.3 Å². The van der Waals surface area contributed by atoms with Gasteiger partial charge in [0.15, 0.2) is 0 Å². The molecule has 90 valence electrons. The van der Waals surface area contributed by atoms with Crippen LogP contribution in [0.25, 0.3) is 5.69 Å². The van der Waals surface area contributed by atoms with E-state index < -0.39 is 0 Å². The van der Waals surface area contributed by atoms with Crippen LogP contribution in [0.5, 0.6) is 5.75 Å². The first kappa shape index (κ1) is 12.1. The van der Waals surface area contributed by atoms with Gasteiger partial charge in [0.2, 0.25) is 0 Å². The van der Waals surface area contributed by atoms with Gasteiger partial charge in [0.1, 0.15) is 11.4 Å². The molecule has 1 heterocycles. The second kappa shape index (κ2) is 5.31. The van der Waals surface area contributed by atoms with E-state index in [1.54, 1.807) is 11.8 Å². The van der Waals surface area contributed by atoms with Gasteiger partial charge in [-0.3, -0.25) is 0 Å². The molecule has 2 aromatic rings. The van der Waals surface area contributed by atoms with Crippen molar-refractivity contribution in [1.29, 1.82) is 0 Å². The maximum absolute atomic E-state index is 5.33. The summed E-state index contributed by atoms with van der Waals surface area (Å²) in [5.41, 5.74) is 3.05. The molecule has 0 fully saturated rings. The molecule has 0 unspecified atom stereocenters. The third kappa shape index (κ3) is 2.66. The summed E-state index contributed by atoms with van der Waals surface area (Å²) >= 11 is 3.39. The highest BCUT2D eigenvalue weighted by molar-refractivity contribution is 9.09. The van der Waals surface area contributed by atoms with Crippen LogP contribution in [0.4, 0.5) is 0 Å². The van der Waals surface area contributed by atoms with E-state index in [2.05, 4.69) is 26.2 Å². The van der Waals surface area contributed by atoms with Crippen molar-refractivity contribution in [3.8, 4) is 11.4 Å². The molecule has 0 aliphatic heterocycles. The molecule has 1 aromatic heterocycles. The molecule has 1 aromatic carbocycles. The van der Waals surface area contributed by atoms with Gasteiger partial charge in [-0.25, -0.2) is 4.68 Å². The third-order valence-electron chi connectivity index (χ3n) is 2.47. The van der Waals surface area contributed by atoms with Crippen LogP contribution in [0.2, 0.25) is 0 Å². The SMILES string of the molecule is COc1ccc(C)cc1-n1cc(CCBr)nn1. The molecule has 0 aliphatic carbocycles. The Hall–Kier alpha value is -1.36. The van der Waals surface area contributed by atoms with Crippen LogP contribution in [-0.4, -0.2) is 27.4 Å². The highest BCUT2D eigenvalue weighted by Gasteiger charge is 2.08. The fraction of sp³-hybridized carbons (Fsp3) is 0.333. The van der Waals surface area contributed by atoms with E-state index in [1.165, 1.54) is 5.56 Å². The molecule has 0 spiro atoms. The highest BCUT2D eigenvalue weighted by Crippen LogP contribution is 2.23. The topological polar surface area (TPSA) is 39.9 Å². The van der Waals surface area contributed by atoms with Crippen LogP contribution >= 0.6 is 15.9 Å². The van der Waals surface area contributed by atoms with Gasteiger partial charge in [-0.1, -0.05) is 27.2 Å². The number of ether oxygens (including phenoxy) is 1. The predicted molar refractivity (Wildman–Crippen MR) is 70.1 cm³/mol. The van der Waals surface area contributed by atoms with Crippen molar-refractivity contribution >= 4 is 15.9 Å². The maximum Gasteiger partial charge on any atom is 0.144 e. The summed E-state index contributed by atoms with van der Waals surface area (Å²) in [4.78, 5) is 0. The molecular formula is C12H14BrN3O. The van der Waals surface area contributed by atoms with Crippen molar-refractivity contribution in [2.75, 3.05) is 12.4 Å². The van der Waals surface area contributed by atoms with Crippen LogP contribution in [-0.2, 0) is 6.42 Å². The number of aryl methyl sites for hydroxylation is 2. The van der Waals surface area contributed by atoms with Gasteiger partial charge < -0.3 is 4.74 Å². The maximum atomic E-state index is 5.33. The van der Waals surface area contributed by atoms with Crippen LogP contribution in [0.15, 0.2) is 24.4 Å². The molecule has 4 nitrogen and oxygen atoms in total. The normalized spacial score (nSPS) is 10.5. The number of rotatable bonds is 4. The largest absolute Gasteiger partial charge is 0.494 e. The lowest BCUT2D eigenvalue weighted by Crippen LogP contribution is -1.99. The van der Waals surface area contributed by atoms with Crippen molar-refractivity contribution in [1.82, 2.24) is 15.0 Å². The molecule has 0 N–H and O–H groups in total. The number of alkyl halides is 1. The Balaban J connectivity index is 2.40. The monoisotopic (exact) mass is 295 g/mol. The van der Waals surface area contributed by atoms with E-state index in [1.807, 2.05) is 31.3 Å². The zero-order valence-corrected chi connectivity index (χ0v) is 11.4. The number of methoxy groups -OCH3 is 1. The van der Waals surface area contributed by atoms with E-state index in [9.17, 15) is 0 Å². The molecule has 0 bridgehead atoms. The number of aromatic nitrogens is 3. The summed E-state index contributed by atoms with van der Waals surface area (Å²) < 4.78 is 7.08. The molecule has 0 saturated carbocycles. The first-order valence-electron chi connectivity index (χ1n) is 5.37. The zero-order chi connectivity index (χ0) is 12.3. The minimum absolute atomic E-state index is 0.797. The van der Waals surface area contributed by atoms with Crippen LogP contribution in [0.3, 0.4) is 0 Å². The molecule has 0 saturated heterocycles. The molecule has 0 amide bonds. The molecule has 2 rings (SSSR count). The third-order valence-corrected chi connectivity index (χ3v) is 2.87. The summed E-state index contributed by atoms with van der Waals surface area (Å²) in [6.07, 6.45) is 2.80. The van der Waals surface area contributed by atoms with E-state index in [0.29, 0.717) is 0 Å². The van der Waals surface area contributed by atoms with E-state index >= 15 is 0 Å². The fourth-order valence-corrected chi connectivity index (χ4v) is 2.01. The zero-order valence-electron chi connectivity index (χ0n) is 9.85. The summed E-state index contributed by atoms with van der Waals surface area (Å²) in [6, 6.07) is 5.99. The Morgan fingerprint density at radius 2 is 2.24 bits per heavy atom. The summed E-state index contributed by atoms with van der Waals surface area (Å²) in [5, 5.41) is 9.12. The number of hydrogen-bond donors (Lipinski definition) is 0. The average molecular weight is 296 g/mol. The second-order valence-electron chi connectivity index (χ2n) is 3.77. The highest BCUT2D eigenvalue weighted by atomic mass is 79.9. The predicted octanol–water partition coefficient (Wildman–Crippen LogP) is 2.52. The number of nitrogens with zero attached hydrogens (tertiary/aromatic N) is 3. The summed E-state index contributed by atoms with van der Waals surface area (Å²) in [7, 11) is 1.66.